The fourth-order valence-corrected chi connectivity index (χ4v) is 8.54. The van der Waals surface area contributed by atoms with Crippen molar-refractivity contribution in [1.82, 2.24) is 15.1 Å². The standard InChI is InChI=1S/C28H34FN3O3/c1-25-9-8-18-13-28(29)24(34)23(33)21(32(2)3)14-26(28)10-11-27(18,35-26)22(25)7-5-19(25)16-4-6-20-17(12-16)15-30-31-20/h4-6,8,12,15,21-24,33-34H,7,9-11,13-14H2,1-3H3,(H,30,31). The Labute approximate surface area is 204 Å². The molecule has 3 heterocycles. The topological polar surface area (TPSA) is 81.6 Å². The van der Waals surface area contributed by atoms with Crippen molar-refractivity contribution in [3.05, 3.63) is 47.7 Å². The van der Waals surface area contributed by atoms with E-state index in [0.717, 1.165) is 35.7 Å². The summed E-state index contributed by atoms with van der Waals surface area (Å²) in [6.45, 7) is 2.34. The lowest BCUT2D eigenvalue weighted by Crippen LogP contribution is -2.73. The van der Waals surface area contributed by atoms with Crippen LogP contribution in [-0.2, 0) is 4.74 Å². The van der Waals surface area contributed by atoms with Gasteiger partial charge in [0.25, 0.3) is 0 Å². The molecule has 7 rings (SSSR count). The lowest BCUT2D eigenvalue weighted by molar-refractivity contribution is -0.282. The molecule has 35 heavy (non-hydrogen) atoms. The molecule has 1 saturated carbocycles. The van der Waals surface area contributed by atoms with Crippen LogP contribution < -0.4 is 0 Å². The van der Waals surface area contributed by atoms with Crippen molar-refractivity contribution in [2.24, 2.45) is 11.3 Å². The number of aliphatic hydroxyl groups is 2. The number of alkyl halides is 1. The van der Waals surface area contributed by atoms with Gasteiger partial charge >= 0.3 is 0 Å². The zero-order valence-electron chi connectivity index (χ0n) is 20.6. The molecule has 1 aromatic heterocycles. The first-order chi connectivity index (χ1) is 16.6. The summed E-state index contributed by atoms with van der Waals surface area (Å²) in [4.78, 5) is 1.90. The highest BCUT2D eigenvalue weighted by molar-refractivity contribution is 5.85. The number of fused-ring (bicyclic) bond motifs is 2. The number of allylic oxidation sites excluding steroid dienone is 3. The molecule has 7 heteroatoms. The molecular weight excluding hydrogens is 445 g/mol. The molecule has 8 unspecified atom stereocenters. The number of benzene rings is 1. The minimum Gasteiger partial charge on any atom is -0.389 e. The number of rotatable bonds is 2. The highest BCUT2D eigenvalue weighted by Crippen LogP contribution is 2.70. The number of aliphatic hydroxyl groups excluding tert-OH is 2. The van der Waals surface area contributed by atoms with Crippen molar-refractivity contribution in [1.29, 1.82) is 0 Å². The number of hydrogen-bond donors (Lipinski definition) is 3. The van der Waals surface area contributed by atoms with Crippen LogP contribution in [0.3, 0.4) is 0 Å². The molecule has 2 saturated heterocycles. The second-order valence-electron chi connectivity index (χ2n) is 12.1. The molecule has 6 nitrogen and oxygen atoms in total. The van der Waals surface area contributed by atoms with Gasteiger partial charge in [0.15, 0.2) is 5.67 Å². The van der Waals surface area contributed by atoms with E-state index in [0.29, 0.717) is 12.8 Å². The molecule has 2 bridgehead atoms. The van der Waals surface area contributed by atoms with Crippen LogP contribution in [0.25, 0.3) is 16.5 Å². The third-order valence-electron chi connectivity index (χ3n) is 10.4. The van der Waals surface area contributed by atoms with Crippen LogP contribution in [0.5, 0.6) is 0 Å². The van der Waals surface area contributed by atoms with Crippen molar-refractivity contribution in [2.75, 3.05) is 14.1 Å². The minimum absolute atomic E-state index is 0.115. The van der Waals surface area contributed by atoms with E-state index in [4.69, 9.17) is 4.74 Å². The number of ether oxygens (including phenoxy) is 1. The van der Waals surface area contributed by atoms with E-state index >= 15 is 4.39 Å². The Morgan fingerprint density at radius 1 is 1.20 bits per heavy atom. The van der Waals surface area contributed by atoms with E-state index in [-0.39, 0.29) is 23.8 Å². The van der Waals surface area contributed by atoms with Crippen LogP contribution >= 0.6 is 0 Å². The number of hydrogen-bond acceptors (Lipinski definition) is 5. The summed E-state index contributed by atoms with van der Waals surface area (Å²) in [5.74, 6) is 0.218. The average Bonchev–Trinajstić information content (AvgIpc) is 3.52. The molecule has 2 aliphatic heterocycles. The van der Waals surface area contributed by atoms with Gasteiger partial charge in [0.2, 0.25) is 0 Å². The van der Waals surface area contributed by atoms with Gasteiger partial charge in [-0.1, -0.05) is 25.1 Å². The number of nitrogens with one attached hydrogen (secondary N) is 1. The summed E-state index contributed by atoms with van der Waals surface area (Å²) in [7, 11) is 3.76. The number of nitrogens with zero attached hydrogens (tertiary/aromatic N) is 2. The fraction of sp³-hybridized carbons (Fsp3) is 0.607. The van der Waals surface area contributed by atoms with Gasteiger partial charge in [-0.2, -0.15) is 5.10 Å². The van der Waals surface area contributed by atoms with Crippen LogP contribution in [0.2, 0.25) is 0 Å². The normalized spacial score (nSPS) is 46.3. The van der Waals surface area contributed by atoms with E-state index in [1.807, 2.05) is 25.2 Å². The predicted molar refractivity (Wildman–Crippen MR) is 131 cm³/mol. The molecule has 186 valence electrons. The zero-order valence-corrected chi connectivity index (χ0v) is 20.6. The first kappa shape index (κ1) is 22.2. The number of H-pyrrole nitrogens is 1. The van der Waals surface area contributed by atoms with Crippen LogP contribution in [0.1, 0.15) is 51.0 Å². The molecule has 0 amide bonds. The van der Waals surface area contributed by atoms with Gasteiger partial charge in [0.1, 0.15) is 11.7 Å². The Bertz CT molecular complexity index is 1290. The second kappa shape index (κ2) is 6.82. The zero-order chi connectivity index (χ0) is 24.4. The number of halogens is 1. The summed E-state index contributed by atoms with van der Waals surface area (Å²) >= 11 is 0. The van der Waals surface area contributed by atoms with Crippen LogP contribution in [0.4, 0.5) is 4.39 Å². The van der Waals surface area contributed by atoms with E-state index in [1.54, 1.807) is 0 Å². The summed E-state index contributed by atoms with van der Waals surface area (Å²) in [6, 6.07) is 6.12. The molecule has 1 aromatic carbocycles. The Hall–Kier alpha value is -2.06. The van der Waals surface area contributed by atoms with Gasteiger partial charge in [-0.25, -0.2) is 4.39 Å². The van der Waals surface area contributed by atoms with E-state index in [9.17, 15) is 10.2 Å². The van der Waals surface area contributed by atoms with Crippen LogP contribution in [0, 0.1) is 11.3 Å². The second-order valence-corrected chi connectivity index (χ2v) is 12.1. The van der Waals surface area contributed by atoms with Gasteiger partial charge in [-0.15, -0.1) is 0 Å². The molecule has 3 aliphatic carbocycles. The maximum atomic E-state index is 16.8. The summed E-state index contributed by atoms with van der Waals surface area (Å²) in [5.41, 5.74) is 0.890. The summed E-state index contributed by atoms with van der Waals surface area (Å²) in [6.07, 6.45) is 7.40. The molecule has 2 spiro atoms. The van der Waals surface area contributed by atoms with Gasteiger partial charge in [-0.05, 0) is 75.0 Å². The maximum absolute atomic E-state index is 16.8. The lowest BCUT2D eigenvalue weighted by atomic mass is 9.56. The maximum Gasteiger partial charge on any atom is 0.171 e. The molecule has 8 atom stereocenters. The first-order valence-corrected chi connectivity index (χ1v) is 12.9. The fourth-order valence-electron chi connectivity index (χ4n) is 8.54. The van der Waals surface area contributed by atoms with Crippen LogP contribution in [0.15, 0.2) is 42.1 Å². The largest absolute Gasteiger partial charge is 0.389 e. The third-order valence-corrected chi connectivity index (χ3v) is 10.4. The highest BCUT2D eigenvalue weighted by Gasteiger charge is 2.76. The Balaban J connectivity index is 1.30. The van der Waals surface area contributed by atoms with Crippen molar-refractivity contribution < 1.29 is 19.3 Å². The lowest BCUT2D eigenvalue weighted by Gasteiger charge is -2.61. The van der Waals surface area contributed by atoms with Gasteiger partial charge < -0.3 is 19.8 Å². The molecule has 5 aliphatic rings. The number of aromatic amines is 1. The molecular formula is C28H34FN3O3. The molecule has 3 fully saturated rings. The number of aromatic nitrogens is 2. The number of likely N-dealkylation sites (N-methyl/N-ethyl adjacent to an activating group) is 1. The van der Waals surface area contributed by atoms with Crippen molar-refractivity contribution in [2.45, 2.75) is 80.6 Å². The van der Waals surface area contributed by atoms with E-state index in [1.165, 1.54) is 11.1 Å². The highest BCUT2D eigenvalue weighted by atomic mass is 19.1. The smallest absolute Gasteiger partial charge is 0.171 e. The van der Waals surface area contributed by atoms with Crippen molar-refractivity contribution in [3.63, 3.8) is 0 Å². The Kier molecular flexibility index (Phi) is 4.32. The monoisotopic (exact) mass is 479 g/mol. The van der Waals surface area contributed by atoms with Gasteiger partial charge in [0, 0.05) is 29.2 Å². The predicted octanol–water partition coefficient (Wildman–Crippen LogP) is 3.76. The van der Waals surface area contributed by atoms with Crippen LogP contribution in [-0.4, -0.2) is 74.5 Å². The molecule has 3 N–H and O–H groups in total. The van der Waals surface area contributed by atoms with Gasteiger partial charge in [0.05, 0.1) is 23.4 Å². The third kappa shape index (κ3) is 2.55. The quantitative estimate of drug-likeness (QED) is 0.572. The van der Waals surface area contributed by atoms with Crippen molar-refractivity contribution >= 4 is 16.5 Å². The van der Waals surface area contributed by atoms with Crippen molar-refractivity contribution in [3.8, 4) is 0 Å². The van der Waals surface area contributed by atoms with E-state index in [2.05, 4.69) is 47.5 Å². The average molecular weight is 480 g/mol. The van der Waals surface area contributed by atoms with E-state index < -0.39 is 29.1 Å². The summed E-state index contributed by atoms with van der Waals surface area (Å²) < 4.78 is 23.8. The van der Waals surface area contributed by atoms with Gasteiger partial charge in [-0.3, -0.25) is 5.10 Å². The first-order valence-electron chi connectivity index (χ1n) is 12.9. The molecule has 2 aromatic rings. The Morgan fingerprint density at radius 3 is 2.83 bits per heavy atom. The molecule has 0 radical (unpaired) electrons. The minimum atomic E-state index is -1.97. The SMILES string of the molecule is CN(C)C1CC23CCC4(O2)C(=CCC2(C)C(c5ccc6[nH]ncc6c5)=CCC24)CC3(F)C(O)C1O. The summed E-state index contributed by atoms with van der Waals surface area (Å²) in [5, 5.41) is 30.2. The Morgan fingerprint density at radius 2 is 2.03 bits per heavy atom.